The third-order valence-corrected chi connectivity index (χ3v) is 3.68. The molecule has 1 aromatic heterocycles. The lowest BCUT2D eigenvalue weighted by Crippen LogP contribution is -2.30. The first kappa shape index (κ1) is 14.9. The normalized spacial score (nSPS) is 12.7. The van der Waals surface area contributed by atoms with Crippen LogP contribution < -0.4 is 0 Å². The van der Waals surface area contributed by atoms with Crippen molar-refractivity contribution in [2.24, 2.45) is 0 Å². The van der Waals surface area contributed by atoms with E-state index >= 15 is 0 Å². The van der Waals surface area contributed by atoms with E-state index in [9.17, 15) is 4.79 Å². The van der Waals surface area contributed by atoms with Crippen LogP contribution in [0.2, 0.25) is 0 Å². The average Bonchev–Trinajstić information content (AvgIpc) is 2.76. The second kappa shape index (κ2) is 5.83. The molecule has 0 saturated carbocycles. The number of aromatic nitrogens is 2. The summed E-state index contributed by atoms with van der Waals surface area (Å²) in [6, 6.07) is 6.03. The molecule has 0 fully saturated rings. The summed E-state index contributed by atoms with van der Waals surface area (Å²) in [4.78, 5) is 18.4. The lowest BCUT2D eigenvalue weighted by molar-refractivity contribution is -0.130. The quantitative estimate of drug-likeness (QED) is 0.812. The summed E-state index contributed by atoms with van der Waals surface area (Å²) in [5, 5.41) is -0.234. The molecule has 1 aromatic carbocycles. The first-order chi connectivity index (χ1) is 9.43. The van der Waals surface area contributed by atoms with Crippen molar-refractivity contribution in [3.8, 4) is 0 Å². The molecule has 2 aromatic rings. The molecule has 2 rings (SSSR count). The van der Waals surface area contributed by atoms with Gasteiger partial charge in [0.1, 0.15) is 12.4 Å². The number of hydrogen-bond donors (Lipinski definition) is 0. The molecule has 0 aliphatic carbocycles. The van der Waals surface area contributed by atoms with Crippen LogP contribution in [0, 0.1) is 6.92 Å². The second-order valence-electron chi connectivity index (χ2n) is 5.07. The monoisotopic (exact) mass is 293 g/mol. The molecular weight excluding hydrogens is 274 g/mol. The van der Waals surface area contributed by atoms with E-state index < -0.39 is 0 Å². The van der Waals surface area contributed by atoms with Crippen LogP contribution in [0.5, 0.6) is 0 Å². The fourth-order valence-electron chi connectivity index (χ4n) is 2.15. The minimum atomic E-state index is -0.234. The van der Waals surface area contributed by atoms with Gasteiger partial charge >= 0.3 is 0 Å². The first-order valence-electron chi connectivity index (χ1n) is 6.78. The third-order valence-electron chi connectivity index (χ3n) is 3.48. The zero-order chi connectivity index (χ0) is 14.9. The lowest BCUT2D eigenvalue weighted by atomic mass is 10.2. The van der Waals surface area contributed by atoms with Crippen molar-refractivity contribution in [1.82, 2.24) is 14.5 Å². The summed E-state index contributed by atoms with van der Waals surface area (Å²) < 4.78 is 1.93. The molecule has 1 heterocycles. The van der Waals surface area contributed by atoms with E-state index in [2.05, 4.69) is 4.98 Å². The zero-order valence-corrected chi connectivity index (χ0v) is 13.1. The van der Waals surface area contributed by atoms with Crippen LogP contribution in [0.25, 0.3) is 11.0 Å². The topological polar surface area (TPSA) is 38.1 Å². The average molecular weight is 294 g/mol. The number of halogens is 1. The number of benzene rings is 1. The fraction of sp³-hybridized carbons (Fsp3) is 0.467. The predicted octanol–water partition coefficient (Wildman–Crippen LogP) is 3.12. The molecule has 1 atom stereocenters. The van der Waals surface area contributed by atoms with Crippen LogP contribution in [0.3, 0.4) is 0 Å². The SMILES string of the molecule is CCN(C)C(=O)Cn1c(C(C)Cl)nc2ccc(C)cc21. The minimum Gasteiger partial charge on any atom is -0.344 e. The van der Waals surface area contributed by atoms with Crippen molar-refractivity contribution in [3.63, 3.8) is 0 Å². The summed E-state index contributed by atoms with van der Waals surface area (Å²) in [5.41, 5.74) is 2.99. The highest BCUT2D eigenvalue weighted by atomic mass is 35.5. The molecule has 1 amide bonds. The van der Waals surface area contributed by atoms with E-state index in [-0.39, 0.29) is 17.8 Å². The lowest BCUT2D eigenvalue weighted by Gasteiger charge is -2.17. The summed E-state index contributed by atoms with van der Waals surface area (Å²) in [6.45, 7) is 6.83. The Labute approximate surface area is 124 Å². The van der Waals surface area contributed by atoms with E-state index in [4.69, 9.17) is 11.6 Å². The van der Waals surface area contributed by atoms with Crippen LogP contribution in [0.1, 0.15) is 30.6 Å². The number of imidazole rings is 1. The van der Waals surface area contributed by atoms with Gasteiger partial charge in [0.05, 0.1) is 16.4 Å². The molecule has 0 bridgehead atoms. The Morgan fingerprint density at radius 1 is 1.50 bits per heavy atom. The summed E-state index contributed by atoms with van der Waals surface area (Å²) >= 11 is 6.21. The molecular formula is C15H20ClN3O. The summed E-state index contributed by atoms with van der Waals surface area (Å²) in [5.74, 6) is 0.803. The number of fused-ring (bicyclic) bond motifs is 1. The Morgan fingerprint density at radius 2 is 2.20 bits per heavy atom. The number of aryl methyl sites for hydroxylation is 1. The Hall–Kier alpha value is -1.55. The molecule has 0 radical (unpaired) electrons. The van der Waals surface area contributed by atoms with Gasteiger partial charge in [-0.2, -0.15) is 0 Å². The number of nitrogens with zero attached hydrogens (tertiary/aromatic N) is 3. The van der Waals surface area contributed by atoms with Gasteiger partial charge in [0.25, 0.3) is 0 Å². The number of likely N-dealkylation sites (N-methyl/N-ethyl adjacent to an activating group) is 1. The van der Waals surface area contributed by atoms with Gasteiger partial charge in [0.2, 0.25) is 5.91 Å². The van der Waals surface area contributed by atoms with Crippen LogP contribution in [0.15, 0.2) is 18.2 Å². The molecule has 0 aliphatic heterocycles. The Bertz CT molecular complexity index is 633. The van der Waals surface area contributed by atoms with Gasteiger partial charge in [-0.25, -0.2) is 4.98 Å². The minimum absolute atomic E-state index is 0.0619. The van der Waals surface area contributed by atoms with E-state index in [0.29, 0.717) is 6.54 Å². The van der Waals surface area contributed by atoms with Gasteiger partial charge in [0.15, 0.2) is 0 Å². The van der Waals surface area contributed by atoms with Crippen LogP contribution in [0.4, 0.5) is 0 Å². The maximum Gasteiger partial charge on any atom is 0.242 e. The Balaban J connectivity index is 2.50. The Kier molecular flexibility index (Phi) is 4.33. The van der Waals surface area contributed by atoms with Gasteiger partial charge in [-0.3, -0.25) is 4.79 Å². The molecule has 5 heteroatoms. The van der Waals surface area contributed by atoms with Crippen molar-refractivity contribution in [2.75, 3.05) is 13.6 Å². The van der Waals surface area contributed by atoms with E-state index in [1.807, 2.05) is 43.5 Å². The third kappa shape index (κ3) is 2.80. The molecule has 0 saturated heterocycles. The molecule has 108 valence electrons. The molecule has 0 N–H and O–H groups in total. The van der Waals surface area contributed by atoms with E-state index in [1.54, 1.807) is 11.9 Å². The number of carbonyl (C=O) groups is 1. The van der Waals surface area contributed by atoms with Crippen molar-refractivity contribution in [1.29, 1.82) is 0 Å². The molecule has 20 heavy (non-hydrogen) atoms. The van der Waals surface area contributed by atoms with Crippen molar-refractivity contribution < 1.29 is 4.79 Å². The molecule has 4 nitrogen and oxygen atoms in total. The highest BCUT2D eigenvalue weighted by molar-refractivity contribution is 6.20. The summed E-state index contributed by atoms with van der Waals surface area (Å²) in [7, 11) is 1.80. The highest BCUT2D eigenvalue weighted by Gasteiger charge is 2.18. The van der Waals surface area contributed by atoms with Crippen molar-refractivity contribution in [3.05, 3.63) is 29.6 Å². The zero-order valence-electron chi connectivity index (χ0n) is 12.4. The Morgan fingerprint density at radius 3 is 2.80 bits per heavy atom. The van der Waals surface area contributed by atoms with Crippen LogP contribution in [-0.2, 0) is 11.3 Å². The van der Waals surface area contributed by atoms with Crippen molar-refractivity contribution >= 4 is 28.5 Å². The van der Waals surface area contributed by atoms with E-state index in [0.717, 1.165) is 22.4 Å². The smallest absolute Gasteiger partial charge is 0.242 e. The number of hydrogen-bond acceptors (Lipinski definition) is 2. The largest absolute Gasteiger partial charge is 0.344 e. The highest BCUT2D eigenvalue weighted by Crippen LogP contribution is 2.25. The number of carbonyl (C=O) groups excluding carboxylic acids is 1. The number of amides is 1. The number of alkyl halides is 1. The fourth-order valence-corrected chi connectivity index (χ4v) is 2.32. The first-order valence-corrected chi connectivity index (χ1v) is 7.22. The van der Waals surface area contributed by atoms with Gasteiger partial charge in [-0.1, -0.05) is 6.07 Å². The van der Waals surface area contributed by atoms with E-state index in [1.165, 1.54) is 0 Å². The van der Waals surface area contributed by atoms with Crippen LogP contribution in [-0.4, -0.2) is 34.0 Å². The summed E-state index contributed by atoms with van der Waals surface area (Å²) in [6.07, 6.45) is 0. The van der Waals surface area contributed by atoms with Gasteiger partial charge in [-0.15, -0.1) is 11.6 Å². The van der Waals surface area contributed by atoms with Gasteiger partial charge < -0.3 is 9.47 Å². The predicted molar refractivity (Wildman–Crippen MR) is 82.0 cm³/mol. The number of rotatable bonds is 4. The van der Waals surface area contributed by atoms with Gasteiger partial charge in [-0.05, 0) is 38.5 Å². The molecule has 0 spiro atoms. The second-order valence-corrected chi connectivity index (χ2v) is 5.73. The van der Waals surface area contributed by atoms with Crippen molar-refractivity contribution in [2.45, 2.75) is 32.7 Å². The maximum absolute atomic E-state index is 12.2. The maximum atomic E-state index is 12.2. The van der Waals surface area contributed by atoms with Crippen LogP contribution >= 0.6 is 11.6 Å². The molecule has 0 aliphatic rings. The molecule has 1 unspecified atom stereocenters. The standard InChI is InChI=1S/C15H20ClN3O/c1-5-18(4)14(20)9-19-13-8-10(2)6-7-12(13)17-15(19)11(3)16/h6-8,11H,5,9H2,1-4H3. The van der Waals surface area contributed by atoms with Gasteiger partial charge in [0, 0.05) is 13.6 Å².